The molecule has 0 radical (unpaired) electrons. The second-order valence-electron chi connectivity index (χ2n) is 7.65. The number of fused-ring (bicyclic) bond motifs is 1. The average molecular weight is 341 g/mol. The first-order valence-corrected chi connectivity index (χ1v) is 9.57. The van der Waals surface area contributed by atoms with E-state index in [2.05, 4.69) is 22.1 Å². The van der Waals surface area contributed by atoms with E-state index in [1.54, 1.807) is 0 Å². The summed E-state index contributed by atoms with van der Waals surface area (Å²) in [6.07, 6.45) is 6.74. The lowest BCUT2D eigenvalue weighted by molar-refractivity contribution is -0.126. The predicted octanol–water partition coefficient (Wildman–Crippen LogP) is 3.74. The van der Waals surface area contributed by atoms with Crippen molar-refractivity contribution in [2.24, 2.45) is 11.3 Å². The number of rotatable bonds is 5. The lowest BCUT2D eigenvalue weighted by atomic mass is 9.67. The molecule has 0 bridgehead atoms. The van der Waals surface area contributed by atoms with Crippen molar-refractivity contribution in [2.45, 2.75) is 45.4 Å². The van der Waals surface area contributed by atoms with Gasteiger partial charge in [0.2, 0.25) is 5.91 Å². The van der Waals surface area contributed by atoms with Gasteiger partial charge >= 0.3 is 0 Å². The van der Waals surface area contributed by atoms with E-state index >= 15 is 0 Å². The second-order valence-corrected chi connectivity index (χ2v) is 7.65. The predicted molar refractivity (Wildman–Crippen MR) is 98.5 cm³/mol. The Hall–Kier alpha value is -2.04. The third-order valence-corrected chi connectivity index (χ3v) is 6.22. The molecule has 0 spiro atoms. The molecule has 134 valence electrons. The number of benzene rings is 1. The van der Waals surface area contributed by atoms with Crippen LogP contribution in [-0.2, 0) is 4.79 Å². The summed E-state index contributed by atoms with van der Waals surface area (Å²) in [5.41, 5.74) is 2.10. The molecule has 1 saturated heterocycles. The van der Waals surface area contributed by atoms with E-state index < -0.39 is 0 Å². The largest absolute Gasteiger partial charge is 0.423 e. The zero-order valence-electron chi connectivity index (χ0n) is 15.0. The summed E-state index contributed by atoms with van der Waals surface area (Å²) in [7, 11) is 0. The standard InChI is InChI=1S/C20H27N3O2/c1-2-20(10-5-11-20)14-21-18(24)15-8-12-23(13-9-15)19-22-16-6-3-4-7-17(16)25-19/h3-4,6-7,15H,2,5,8-14H2,1H3,(H,21,24). The fourth-order valence-electron chi connectivity index (χ4n) is 4.08. The molecule has 0 unspecified atom stereocenters. The first-order valence-electron chi connectivity index (χ1n) is 9.57. The van der Waals surface area contributed by atoms with Gasteiger partial charge in [-0.05, 0) is 49.7 Å². The molecule has 5 nitrogen and oxygen atoms in total. The minimum Gasteiger partial charge on any atom is -0.423 e. The summed E-state index contributed by atoms with van der Waals surface area (Å²) in [5.74, 6) is 0.353. The molecular weight excluding hydrogens is 314 g/mol. The lowest BCUT2D eigenvalue weighted by Crippen LogP contribution is -2.46. The highest BCUT2D eigenvalue weighted by atomic mass is 16.4. The number of oxazole rings is 1. The van der Waals surface area contributed by atoms with Gasteiger partial charge < -0.3 is 14.6 Å². The number of piperidine rings is 1. The molecule has 25 heavy (non-hydrogen) atoms. The van der Waals surface area contributed by atoms with E-state index in [1.165, 1.54) is 25.7 Å². The number of amides is 1. The Kier molecular flexibility index (Phi) is 4.40. The number of carbonyl (C=O) groups excluding carboxylic acids is 1. The molecule has 2 heterocycles. The summed E-state index contributed by atoms with van der Waals surface area (Å²) in [4.78, 5) is 19.2. The van der Waals surface area contributed by atoms with Crippen LogP contribution in [0.4, 0.5) is 6.01 Å². The zero-order valence-corrected chi connectivity index (χ0v) is 15.0. The number of aromatic nitrogens is 1. The molecule has 4 rings (SSSR count). The van der Waals surface area contributed by atoms with Crippen LogP contribution in [0.5, 0.6) is 0 Å². The maximum atomic E-state index is 12.5. The molecule has 5 heteroatoms. The Morgan fingerprint density at radius 1 is 1.32 bits per heavy atom. The van der Waals surface area contributed by atoms with Gasteiger partial charge in [-0.15, -0.1) is 0 Å². The fourth-order valence-corrected chi connectivity index (χ4v) is 4.08. The molecule has 1 aliphatic carbocycles. The molecule has 1 aromatic heterocycles. The van der Waals surface area contributed by atoms with Gasteiger partial charge in [-0.25, -0.2) is 0 Å². The third-order valence-electron chi connectivity index (χ3n) is 6.22. The maximum absolute atomic E-state index is 12.5. The molecule has 1 N–H and O–H groups in total. The summed E-state index contributed by atoms with van der Waals surface area (Å²) in [5, 5.41) is 3.23. The van der Waals surface area contributed by atoms with Crippen molar-refractivity contribution < 1.29 is 9.21 Å². The van der Waals surface area contributed by atoms with Crippen LogP contribution < -0.4 is 10.2 Å². The number of nitrogens with zero attached hydrogens (tertiary/aromatic N) is 2. The molecular formula is C20H27N3O2. The summed E-state index contributed by atoms with van der Waals surface area (Å²) >= 11 is 0. The van der Waals surface area contributed by atoms with Crippen LogP contribution in [-0.4, -0.2) is 30.5 Å². The number of nitrogens with one attached hydrogen (secondary N) is 1. The highest BCUT2D eigenvalue weighted by molar-refractivity contribution is 5.79. The van der Waals surface area contributed by atoms with Crippen molar-refractivity contribution in [3.05, 3.63) is 24.3 Å². The van der Waals surface area contributed by atoms with Crippen LogP contribution in [0.25, 0.3) is 11.1 Å². The van der Waals surface area contributed by atoms with Gasteiger partial charge in [-0.2, -0.15) is 4.98 Å². The lowest BCUT2D eigenvalue weighted by Gasteiger charge is -2.41. The van der Waals surface area contributed by atoms with Gasteiger partial charge in [0.1, 0.15) is 5.52 Å². The second kappa shape index (κ2) is 6.70. The third kappa shape index (κ3) is 3.24. The summed E-state index contributed by atoms with van der Waals surface area (Å²) in [6.45, 7) is 4.74. The van der Waals surface area contributed by atoms with Crippen LogP contribution in [0.2, 0.25) is 0 Å². The number of hydrogen-bond acceptors (Lipinski definition) is 4. The first-order chi connectivity index (χ1) is 12.2. The number of para-hydroxylation sites is 2. The SMILES string of the molecule is CCC1(CNC(=O)C2CCN(c3nc4ccccc4o3)CC2)CCC1. The Morgan fingerprint density at radius 3 is 2.72 bits per heavy atom. The normalized spacial score (nSPS) is 20.4. The molecule has 1 aromatic carbocycles. The summed E-state index contributed by atoms with van der Waals surface area (Å²) < 4.78 is 5.85. The van der Waals surface area contributed by atoms with Crippen LogP contribution in [0, 0.1) is 11.3 Å². The van der Waals surface area contributed by atoms with Gasteiger partial charge in [0.25, 0.3) is 6.01 Å². The molecule has 1 amide bonds. The van der Waals surface area contributed by atoms with E-state index in [4.69, 9.17) is 4.42 Å². The van der Waals surface area contributed by atoms with E-state index in [-0.39, 0.29) is 11.8 Å². The molecule has 2 aliphatic rings. The Morgan fingerprint density at radius 2 is 2.08 bits per heavy atom. The minimum atomic E-state index is 0.120. The van der Waals surface area contributed by atoms with Crippen LogP contribution >= 0.6 is 0 Å². The van der Waals surface area contributed by atoms with Crippen molar-refractivity contribution >= 4 is 23.0 Å². The van der Waals surface area contributed by atoms with Gasteiger partial charge in [0.15, 0.2) is 5.58 Å². The highest BCUT2D eigenvalue weighted by Crippen LogP contribution is 2.43. The smallest absolute Gasteiger partial charge is 0.298 e. The van der Waals surface area contributed by atoms with Crippen molar-refractivity contribution in [1.82, 2.24) is 10.3 Å². The number of hydrogen-bond donors (Lipinski definition) is 1. The maximum Gasteiger partial charge on any atom is 0.298 e. The van der Waals surface area contributed by atoms with Crippen LogP contribution in [0.1, 0.15) is 45.4 Å². The minimum absolute atomic E-state index is 0.120. The zero-order chi connectivity index (χ0) is 17.3. The van der Waals surface area contributed by atoms with Crippen molar-refractivity contribution in [3.63, 3.8) is 0 Å². The molecule has 2 fully saturated rings. The van der Waals surface area contributed by atoms with Gasteiger partial charge in [0.05, 0.1) is 0 Å². The van der Waals surface area contributed by atoms with Crippen LogP contribution in [0.15, 0.2) is 28.7 Å². The molecule has 2 aromatic rings. The van der Waals surface area contributed by atoms with Crippen molar-refractivity contribution in [1.29, 1.82) is 0 Å². The van der Waals surface area contributed by atoms with Gasteiger partial charge in [-0.1, -0.05) is 25.5 Å². The van der Waals surface area contributed by atoms with E-state index in [1.807, 2.05) is 24.3 Å². The summed E-state index contributed by atoms with van der Waals surface area (Å²) in [6, 6.07) is 8.51. The Labute approximate surface area is 148 Å². The fraction of sp³-hybridized carbons (Fsp3) is 0.600. The molecule has 0 atom stereocenters. The van der Waals surface area contributed by atoms with Crippen molar-refractivity contribution in [3.8, 4) is 0 Å². The van der Waals surface area contributed by atoms with Gasteiger partial charge in [0, 0.05) is 25.6 Å². The monoisotopic (exact) mass is 341 g/mol. The highest BCUT2D eigenvalue weighted by Gasteiger charge is 2.36. The average Bonchev–Trinajstić information content (AvgIpc) is 3.05. The Bertz CT molecular complexity index is 704. The molecule has 1 aliphatic heterocycles. The number of carbonyl (C=O) groups is 1. The van der Waals surface area contributed by atoms with E-state index in [0.717, 1.165) is 43.6 Å². The van der Waals surface area contributed by atoms with E-state index in [9.17, 15) is 4.79 Å². The molecule has 1 saturated carbocycles. The quantitative estimate of drug-likeness (QED) is 0.900. The topological polar surface area (TPSA) is 58.4 Å². The van der Waals surface area contributed by atoms with Crippen molar-refractivity contribution in [2.75, 3.05) is 24.5 Å². The first kappa shape index (κ1) is 16.4. The Balaban J connectivity index is 1.31. The number of anilines is 1. The van der Waals surface area contributed by atoms with E-state index in [0.29, 0.717) is 11.4 Å². The van der Waals surface area contributed by atoms with Crippen LogP contribution in [0.3, 0.4) is 0 Å². The van der Waals surface area contributed by atoms with Gasteiger partial charge in [-0.3, -0.25) is 4.79 Å².